The fraction of sp³-hybridized carbons (Fsp3) is 0.231. The van der Waals surface area contributed by atoms with Gasteiger partial charge in [-0.3, -0.25) is 4.99 Å². The summed E-state index contributed by atoms with van der Waals surface area (Å²) in [5.41, 5.74) is 0.963. The van der Waals surface area contributed by atoms with Crippen LogP contribution in [0.25, 0.3) is 0 Å². The highest BCUT2D eigenvalue weighted by Crippen LogP contribution is 2.39. The maximum Gasteiger partial charge on any atom is 0.319 e. The smallest absolute Gasteiger partial charge is 0.319 e. The van der Waals surface area contributed by atoms with Gasteiger partial charge in [-0.2, -0.15) is 0 Å². The van der Waals surface area contributed by atoms with Crippen LogP contribution in [-0.4, -0.2) is 31.4 Å². The standard InChI is InChI=1S/C26H27NO2SSi/c1-26(2,3)31(21-12-6-4-7-13-21,22-14-8-5-9-15-22)29-24-17-11-10-16-23(24)25-27-20(18-28)19-30-25/h4-18,20H,19H2,1-3H3/t20-/m0/s1. The van der Waals surface area contributed by atoms with Gasteiger partial charge < -0.3 is 9.22 Å². The predicted molar refractivity (Wildman–Crippen MR) is 134 cm³/mol. The van der Waals surface area contributed by atoms with Gasteiger partial charge in [-0.25, -0.2) is 0 Å². The van der Waals surface area contributed by atoms with Crippen LogP contribution in [0.2, 0.25) is 5.04 Å². The number of thioether (sulfide) groups is 1. The van der Waals surface area contributed by atoms with Crippen molar-refractivity contribution in [2.75, 3.05) is 5.75 Å². The quantitative estimate of drug-likeness (QED) is 0.408. The summed E-state index contributed by atoms with van der Waals surface area (Å²) >= 11 is 1.62. The molecule has 31 heavy (non-hydrogen) atoms. The van der Waals surface area contributed by atoms with Crippen LogP contribution in [0, 0.1) is 0 Å². The number of benzene rings is 3. The van der Waals surface area contributed by atoms with Gasteiger partial charge in [0.25, 0.3) is 0 Å². The molecule has 0 bridgehead atoms. The largest absolute Gasteiger partial charge is 0.533 e. The van der Waals surface area contributed by atoms with Crippen molar-refractivity contribution in [1.82, 2.24) is 0 Å². The van der Waals surface area contributed by atoms with Crippen LogP contribution in [0.15, 0.2) is 89.9 Å². The van der Waals surface area contributed by atoms with Crippen molar-refractivity contribution in [2.24, 2.45) is 4.99 Å². The van der Waals surface area contributed by atoms with Gasteiger partial charge in [-0.15, -0.1) is 11.8 Å². The second-order valence-corrected chi connectivity index (χ2v) is 13.9. The number of hydrogen-bond acceptors (Lipinski definition) is 4. The number of carbonyl (C=O) groups is 1. The molecule has 0 saturated carbocycles. The van der Waals surface area contributed by atoms with Crippen LogP contribution in [-0.2, 0) is 4.79 Å². The summed E-state index contributed by atoms with van der Waals surface area (Å²) in [4.78, 5) is 15.9. The van der Waals surface area contributed by atoms with E-state index in [0.29, 0.717) is 5.75 Å². The normalized spacial score (nSPS) is 16.6. The molecule has 158 valence electrons. The lowest BCUT2D eigenvalue weighted by Gasteiger charge is -2.43. The van der Waals surface area contributed by atoms with E-state index in [1.54, 1.807) is 11.8 Å². The highest BCUT2D eigenvalue weighted by atomic mass is 32.2. The van der Waals surface area contributed by atoms with Crippen LogP contribution in [0.3, 0.4) is 0 Å². The van der Waals surface area contributed by atoms with Crippen LogP contribution >= 0.6 is 11.8 Å². The maximum atomic E-state index is 11.3. The number of rotatable bonds is 6. The van der Waals surface area contributed by atoms with Crippen molar-refractivity contribution >= 4 is 41.8 Å². The van der Waals surface area contributed by atoms with Gasteiger partial charge in [-0.05, 0) is 27.5 Å². The van der Waals surface area contributed by atoms with Gasteiger partial charge in [0.2, 0.25) is 0 Å². The topological polar surface area (TPSA) is 38.7 Å². The first kappa shape index (κ1) is 21.6. The van der Waals surface area contributed by atoms with E-state index >= 15 is 0 Å². The molecule has 0 spiro atoms. The molecule has 3 aromatic rings. The van der Waals surface area contributed by atoms with Gasteiger partial charge in [0.1, 0.15) is 23.1 Å². The zero-order valence-electron chi connectivity index (χ0n) is 18.1. The lowest BCUT2D eigenvalue weighted by atomic mass is 10.2. The van der Waals surface area contributed by atoms with Crippen molar-refractivity contribution in [3.63, 3.8) is 0 Å². The van der Waals surface area contributed by atoms with Crippen molar-refractivity contribution in [1.29, 1.82) is 0 Å². The second kappa shape index (κ2) is 8.85. The molecule has 1 aliphatic heterocycles. The number of carbonyl (C=O) groups excluding carboxylic acids is 1. The van der Waals surface area contributed by atoms with Gasteiger partial charge in [0.05, 0.1) is 0 Å². The van der Waals surface area contributed by atoms with Crippen LogP contribution in [0.1, 0.15) is 26.3 Å². The molecule has 0 N–H and O–H groups in total. The minimum Gasteiger partial charge on any atom is -0.533 e. The summed E-state index contributed by atoms with van der Waals surface area (Å²) in [5, 5.41) is 3.22. The minimum atomic E-state index is -2.73. The lowest BCUT2D eigenvalue weighted by Crippen LogP contribution is -2.68. The summed E-state index contributed by atoms with van der Waals surface area (Å²) in [6.07, 6.45) is 0.922. The molecule has 0 radical (unpaired) electrons. The SMILES string of the molecule is CC(C)(C)[Si](Oc1ccccc1C1=N[C@@H](C=O)CS1)(c1ccccc1)c1ccccc1. The third kappa shape index (κ3) is 4.12. The zero-order chi connectivity index (χ0) is 21.9. The third-order valence-corrected chi connectivity index (χ3v) is 11.7. The molecular weight excluding hydrogens is 418 g/mol. The third-order valence-electron chi connectivity index (χ3n) is 5.63. The summed E-state index contributed by atoms with van der Waals surface area (Å²) < 4.78 is 7.21. The van der Waals surface area contributed by atoms with E-state index < -0.39 is 8.32 Å². The van der Waals surface area contributed by atoms with Crippen molar-refractivity contribution in [3.05, 3.63) is 90.5 Å². The molecule has 0 unspecified atom stereocenters. The Morgan fingerprint density at radius 3 is 1.97 bits per heavy atom. The monoisotopic (exact) mass is 445 g/mol. The number of aldehydes is 1. The molecule has 3 aromatic carbocycles. The first-order chi connectivity index (χ1) is 15.0. The van der Waals surface area contributed by atoms with Gasteiger partial charge in [0.15, 0.2) is 0 Å². The summed E-state index contributed by atoms with van der Waals surface area (Å²) in [7, 11) is -2.73. The predicted octanol–water partition coefficient (Wildman–Crippen LogP) is 4.69. The van der Waals surface area contributed by atoms with E-state index in [-0.39, 0.29) is 11.1 Å². The molecule has 0 saturated heterocycles. The Hall–Kier alpha value is -2.63. The average Bonchev–Trinajstić information content (AvgIpc) is 3.27. The Labute approximate surface area is 189 Å². The zero-order valence-corrected chi connectivity index (χ0v) is 19.9. The molecule has 1 heterocycles. The Morgan fingerprint density at radius 1 is 0.903 bits per heavy atom. The molecule has 3 nitrogen and oxygen atoms in total. The molecule has 4 rings (SSSR count). The number of aliphatic imine (C=N–C) groups is 1. The molecule has 0 aliphatic carbocycles. The van der Waals surface area contributed by atoms with Crippen LogP contribution in [0.5, 0.6) is 5.75 Å². The van der Waals surface area contributed by atoms with E-state index in [9.17, 15) is 4.79 Å². The van der Waals surface area contributed by atoms with Crippen LogP contribution < -0.4 is 14.8 Å². The fourth-order valence-corrected chi connectivity index (χ4v) is 9.61. The minimum absolute atomic E-state index is 0.126. The van der Waals surface area contributed by atoms with E-state index in [1.807, 2.05) is 36.4 Å². The molecule has 1 aliphatic rings. The van der Waals surface area contributed by atoms with Gasteiger partial charge in [-0.1, -0.05) is 93.6 Å². The Kier molecular flexibility index (Phi) is 6.16. The van der Waals surface area contributed by atoms with E-state index in [4.69, 9.17) is 4.43 Å². The fourth-order valence-electron chi connectivity index (χ4n) is 4.15. The van der Waals surface area contributed by atoms with Crippen molar-refractivity contribution in [2.45, 2.75) is 31.9 Å². The Morgan fingerprint density at radius 2 is 1.45 bits per heavy atom. The number of para-hydroxylation sites is 1. The Bertz CT molecular complexity index is 1040. The molecule has 5 heteroatoms. The van der Waals surface area contributed by atoms with Crippen molar-refractivity contribution in [3.8, 4) is 5.75 Å². The molecule has 1 atom stereocenters. The molecular formula is C26H27NO2SSi. The maximum absolute atomic E-state index is 11.3. The summed E-state index contributed by atoms with van der Waals surface area (Å²) in [5.74, 6) is 1.52. The second-order valence-electron chi connectivity index (χ2n) is 8.71. The average molecular weight is 446 g/mol. The molecule has 0 amide bonds. The summed E-state index contributed by atoms with van der Waals surface area (Å²) in [6.45, 7) is 6.81. The summed E-state index contributed by atoms with van der Waals surface area (Å²) in [6, 6.07) is 29.0. The number of hydrogen-bond donors (Lipinski definition) is 0. The first-order valence-electron chi connectivity index (χ1n) is 10.5. The first-order valence-corrected chi connectivity index (χ1v) is 13.4. The van der Waals surface area contributed by atoms with E-state index in [2.05, 4.69) is 74.3 Å². The van der Waals surface area contributed by atoms with Crippen molar-refractivity contribution < 1.29 is 9.22 Å². The van der Waals surface area contributed by atoms with Gasteiger partial charge >= 0.3 is 8.32 Å². The number of nitrogens with zero attached hydrogens (tertiary/aromatic N) is 1. The van der Waals surface area contributed by atoms with E-state index in [0.717, 1.165) is 22.6 Å². The molecule has 0 fully saturated rings. The highest BCUT2D eigenvalue weighted by molar-refractivity contribution is 8.14. The highest BCUT2D eigenvalue weighted by Gasteiger charge is 2.52. The van der Waals surface area contributed by atoms with E-state index in [1.165, 1.54) is 10.4 Å². The van der Waals surface area contributed by atoms with Crippen LogP contribution in [0.4, 0.5) is 0 Å². The molecule has 0 aromatic heterocycles. The Balaban J connectivity index is 1.91. The lowest BCUT2D eigenvalue weighted by molar-refractivity contribution is -0.108. The van der Waals surface area contributed by atoms with Gasteiger partial charge in [0, 0.05) is 11.3 Å².